The molecule has 1 aromatic carbocycles. The maximum absolute atomic E-state index is 5.57. The van der Waals surface area contributed by atoms with Crippen LogP contribution in [0.15, 0.2) is 23.2 Å². The van der Waals surface area contributed by atoms with Gasteiger partial charge in [-0.3, -0.25) is 4.99 Å². The maximum atomic E-state index is 5.57. The smallest absolute Gasteiger partial charge is 0.119 e. The Morgan fingerprint density at radius 3 is 2.94 bits per heavy atom. The Labute approximate surface area is 102 Å². The number of halogens is 1. The molecule has 2 N–H and O–H groups in total. The van der Waals surface area contributed by atoms with E-state index in [1.165, 1.54) is 11.1 Å². The lowest BCUT2D eigenvalue weighted by atomic mass is 9.96. The molecule has 0 saturated carbocycles. The molecule has 0 saturated heterocycles. The molecule has 3 nitrogen and oxygen atoms in total. The highest BCUT2D eigenvalue weighted by Crippen LogP contribution is 2.22. The standard InChI is InChI=1S/C12H16N2O.ClH/c1-15-10-3-2-9-5-7-14-12(4-6-13)11(9)8-10;/h2-3,8H,4-7,13H2,1H3;1H. The van der Waals surface area contributed by atoms with Crippen molar-refractivity contribution in [2.45, 2.75) is 12.8 Å². The summed E-state index contributed by atoms with van der Waals surface area (Å²) in [6, 6.07) is 6.19. The highest BCUT2D eigenvalue weighted by molar-refractivity contribution is 6.03. The lowest BCUT2D eigenvalue weighted by Gasteiger charge is -2.17. The van der Waals surface area contributed by atoms with Crippen LogP contribution < -0.4 is 10.5 Å². The van der Waals surface area contributed by atoms with Crippen LogP contribution >= 0.6 is 12.4 Å². The van der Waals surface area contributed by atoms with E-state index in [1.54, 1.807) is 7.11 Å². The molecule has 88 valence electrons. The van der Waals surface area contributed by atoms with Gasteiger partial charge in [0.1, 0.15) is 5.75 Å². The van der Waals surface area contributed by atoms with E-state index in [-0.39, 0.29) is 12.4 Å². The topological polar surface area (TPSA) is 47.6 Å². The zero-order valence-electron chi connectivity index (χ0n) is 9.40. The number of ether oxygens (including phenoxy) is 1. The Balaban J connectivity index is 0.00000128. The van der Waals surface area contributed by atoms with E-state index in [9.17, 15) is 0 Å². The molecule has 1 heterocycles. The Kier molecular flexibility index (Phi) is 4.77. The van der Waals surface area contributed by atoms with Crippen LogP contribution in [0.1, 0.15) is 17.5 Å². The molecule has 1 aliphatic rings. The Morgan fingerprint density at radius 1 is 1.44 bits per heavy atom. The van der Waals surface area contributed by atoms with Crippen molar-refractivity contribution >= 4 is 18.1 Å². The lowest BCUT2D eigenvalue weighted by Crippen LogP contribution is -2.16. The molecular formula is C12H17ClN2O. The van der Waals surface area contributed by atoms with Crippen molar-refractivity contribution in [1.29, 1.82) is 0 Å². The van der Waals surface area contributed by atoms with Crippen molar-refractivity contribution in [3.63, 3.8) is 0 Å². The van der Waals surface area contributed by atoms with Gasteiger partial charge in [-0.05, 0) is 30.7 Å². The van der Waals surface area contributed by atoms with Crippen LogP contribution in [-0.4, -0.2) is 25.9 Å². The van der Waals surface area contributed by atoms with Crippen molar-refractivity contribution < 1.29 is 4.74 Å². The summed E-state index contributed by atoms with van der Waals surface area (Å²) in [7, 11) is 1.68. The second kappa shape index (κ2) is 5.87. The first-order valence-corrected chi connectivity index (χ1v) is 5.26. The van der Waals surface area contributed by atoms with Gasteiger partial charge in [-0.15, -0.1) is 12.4 Å². The van der Waals surface area contributed by atoms with Gasteiger partial charge in [0.15, 0.2) is 0 Å². The number of nitrogens with two attached hydrogens (primary N) is 1. The van der Waals surface area contributed by atoms with E-state index in [0.29, 0.717) is 6.54 Å². The summed E-state index contributed by atoms with van der Waals surface area (Å²) in [6.45, 7) is 1.53. The van der Waals surface area contributed by atoms with Gasteiger partial charge in [0.2, 0.25) is 0 Å². The molecule has 0 amide bonds. The number of aliphatic imine (C=N–C) groups is 1. The molecule has 2 rings (SSSR count). The molecule has 0 aromatic heterocycles. The number of fused-ring (bicyclic) bond motifs is 1. The van der Waals surface area contributed by atoms with E-state index >= 15 is 0 Å². The fourth-order valence-electron chi connectivity index (χ4n) is 1.92. The first kappa shape index (κ1) is 13.0. The molecule has 1 aliphatic heterocycles. The number of hydrogen-bond donors (Lipinski definition) is 1. The van der Waals surface area contributed by atoms with Crippen molar-refractivity contribution in [1.82, 2.24) is 0 Å². The number of nitrogens with zero attached hydrogens (tertiary/aromatic N) is 1. The Bertz CT molecular complexity index is 391. The highest BCUT2D eigenvalue weighted by Gasteiger charge is 2.13. The van der Waals surface area contributed by atoms with Crippen LogP contribution in [0.2, 0.25) is 0 Å². The molecule has 0 unspecified atom stereocenters. The van der Waals surface area contributed by atoms with Crippen LogP contribution in [0, 0.1) is 0 Å². The molecule has 0 fully saturated rings. The Hall–Kier alpha value is -1.06. The summed E-state index contributed by atoms with van der Waals surface area (Å²) in [5.74, 6) is 0.889. The van der Waals surface area contributed by atoms with Gasteiger partial charge in [-0.2, -0.15) is 0 Å². The van der Waals surface area contributed by atoms with E-state index in [1.807, 2.05) is 6.07 Å². The minimum atomic E-state index is 0. The third-order valence-corrected chi connectivity index (χ3v) is 2.69. The normalized spacial score (nSPS) is 13.5. The van der Waals surface area contributed by atoms with E-state index in [2.05, 4.69) is 17.1 Å². The molecule has 0 radical (unpaired) electrons. The van der Waals surface area contributed by atoms with Gasteiger partial charge in [0, 0.05) is 24.2 Å². The molecular weight excluding hydrogens is 224 g/mol. The van der Waals surface area contributed by atoms with Gasteiger partial charge in [0.25, 0.3) is 0 Å². The van der Waals surface area contributed by atoms with Gasteiger partial charge in [0.05, 0.1) is 7.11 Å². The summed E-state index contributed by atoms with van der Waals surface area (Å²) in [4.78, 5) is 4.52. The van der Waals surface area contributed by atoms with Crippen LogP contribution in [0.5, 0.6) is 5.75 Å². The summed E-state index contributed by atoms with van der Waals surface area (Å²) in [5.41, 5.74) is 9.27. The maximum Gasteiger partial charge on any atom is 0.119 e. The fraction of sp³-hybridized carbons (Fsp3) is 0.417. The van der Waals surface area contributed by atoms with Gasteiger partial charge in [-0.25, -0.2) is 0 Å². The average molecular weight is 241 g/mol. The quantitative estimate of drug-likeness (QED) is 0.876. The lowest BCUT2D eigenvalue weighted by molar-refractivity contribution is 0.414. The summed E-state index contributed by atoms with van der Waals surface area (Å²) in [6.07, 6.45) is 1.87. The number of hydrogen-bond acceptors (Lipinski definition) is 3. The van der Waals surface area contributed by atoms with Crippen molar-refractivity contribution in [2.75, 3.05) is 20.2 Å². The number of benzene rings is 1. The molecule has 0 atom stereocenters. The molecule has 16 heavy (non-hydrogen) atoms. The van der Waals surface area contributed by atoms with Crippen molar-refractivity contribution in [3.05, 3.63) is 29.3 Å². The first-order valence-electron chi connectivity index (χ1n) is 5.26. The summed E-state index contributed by atoms with van der Waals surface area (Å²) < 4.78 is 5.22. The van der Waals surface area contributed by atoms with Crippen LogP contribution in [-0.2, 0) is 6.42 Å². The molecule has 4 heteroatoms. The number of methoxy groups -OCH3 is 1. The van der Waals surface area contributed by atoms with Crippen molar-refractivity contribution in [3.8, 4) is 5.75 Å². The minimum absolute atomic E-state index is 0. The molecule has 0 bridgehead atoms. The largest absolute Gasteiger partial charge is 0.497 e. The van der Waals surface area contributed by atoms with Gasteiger partial charge >= 0.3 is 0 Å². The van der Waals surface area contributed by atoms with Crippen LogP contribution in [0.25, 0.3) is 0 Å². The summed E-state index contributed by atoms with van der Waals surface area (Å²) in [5, 5.41) is 0. The second-order valence-corrected chi connectivity index (χ2v) is 3.64. The fourth-order valence-corrected chi connectivity index (χ4v) is 1.92. The third-order valence-electron chi connectivity index (χ3n) is 2.69. The SMILES string of the molecule is COc1ccc2c(c1)C(CCN)=NCC2.Cl. The number of rotatable bonds is 3. The molecule has 0 spiro atoms. The monoisotopic (exact) mass is 240 g/mol. The average Bonchev–Trinajstić information content (AvgIpc) is 2.29. The predicted octanol–water partition coefficient (Wildman–Crippen LogP) is 1.81. The zero-order chi connectivity index (χ0) is 10.7. The molecule has 1 aromatic rings. The van der Waals surface area contributed by atoms with E-state index < -0.39 is 0 Å². The van der Waals surface area contributed by atoms with Gasteiger partial charge in [-0.1, -0.05) is 6.07 Å². The van der Waals surface area contributed by atoms with Crippen molar-refractivity contribution in [2.24, 2.45) is 10.7 Å². The van der Waals surface area contributed by atoms with Crippen LogP contribution in [0.3, 0.4) is 0 Å². The first-order chi connectivity index (χ1) is 7.35. The summed E-state index contributed by atoms with van der Waals surface area (Å²) >= 11 is 0. The third kappa shape index (κ3) is 2.54. The minimum Gasteiger partial charge on any atom is -0.497 e. The Morgan fingerprint density at radius 2 is 2.25 bits per heavy atom. The van der Waals surface area contributed by atoms with E-state index in [4.69, 9.17) is 10.5 Å². The van der Waals surface area contributed by atoms with Crippen LogP contribution in [0.4, 0.5) is 0 Å². The second-order valence-electron chi connectivity index (χ2n) is 3.64. The van der Waals surface area contributed by atoms with E-state index in [0.717, 1.165) is 30.8 Å². The predicted molar refractivity (Wildman–Crippen MR) is 69.0 cm³/mol. The van der Waals surface area contributed by atoms with Gasteiger partial charge < -0.3 is 10.5 Å². The zero-order valence-corrected chi connectivity index (χ0v) is 10.2. The highest BCUT2D eigenvalue weighted by atomic mass is 35.5. The molecule has 0 aliphatic carbocycles.